The first-order valence-electron chi connectivity index (χ1n) is 9.32. The number of fused-ring (bicyclic) bond motifs is 1. The SMILES string of the molecule is COc1cc(Cl)c(C)cc1Nc1ncnc2sc(C)c(-c3ccc(C)c(C)c3)c12. The molecule has 2 heterocycles. The number of methoxy groups -OCH3 is 1. The Morgan fingerprint density at radius 1 is 0.966 bits per heavy atom. The Bertz CT molecular complexity index is 1230. The molecule has 0 bridgehead atoms. The van der Waals surface area contributed by atoms with Gasteiger partial charge in [-0.2, -0.15) is 0 Å². The minimum Gasteiger partial charge on any atom is -0.495 e. The van der Waals surface area contributed by atoms with Crippen molar-refractivity contribution in [2.75, 3.05) is 12.4 Å². The van der Waals surface area contributed by atoms with Crippen LogP contribution in [0.25, 0.3) is 21.3 Å². The Morgan fingerprint density at radius 3 is 2.48 bits per heavy atom. The van der Waals surface area contributed by atoms with Crippen molar-refractivity contribution in [3.8, 4) is 16.9 Å². The largest absolute Gasteiger partial charge is 0.495 e. The summed E-state index contributed by atoms with van der Waals surface area (Å²) >= 11 is 7.95. The predicted octanol–water partition coefficient (Wildman–Crippen LogP) is 7.00. The van der Waals surface area contributed by atoms with Crippen LogP contribution in [0, 0.1) is 27.7 Å². The van der Waals surface area contributed by atoms with Crippen LogP contribution in [0.2, 0.25) is 5.02 Å². The summed E-state index contributed by atoms with van der Waals surface area (Å²) in [5.41, 5.74) is 6.68. The van der Waals surface area contributed by atoms with Gasteiger partial charge in [0, 0.05) is 21.5 Å². The van der Waals surface area contributed by atoms with Gasteiger partial charge >= 0.3 is 0 Å². The van der Waals surface area contributed by atoms with E-state index in [1.54, 1.807) is 24.8 Å². The van der Waals surface area contributed by atoms with Gasteiger partial charge in [-0.15, -0.1) is 11.3 Å². The topological polar surface area (TPSA) is 47.0 Å². The molecule has 0 atom stereocenters. The van der Waals surface area contributed by atoms with Gasteiger partial charge in [0.15, 0.2) is 0 Å². The van der Waals surface area contributed by atoms with E-state index in [-0.39, 0.29) is 0 Å². The highest BCUT2D eigenvalue weighted by atomic mass is 35.5. The van der Waals surface area contributed by atoms with E-state index in [0.717, 1.165) is 27.3 Å². The summed E-state index contributed by atoms with van der Waals surface area (Å²) in [7, 11) is 1.64. The van der Waals surface area contributed by atoms with E-state index in [9.17, 15) is 0 Å². The van der Waals surface area contributed by atoms with E-state index in [0.29, 0.717) is 10.8 Å². The molecule has 0 fully saturated rings. The summed E-state index contributed by atoms with van der Waals surface area (Å²) in [6.45, 7) is 8.37. The molecule has 0 aliphatic rings. The molecule has 148 valence electrons. The first-order valence-corrected chi connectivity index (χ1v) is 10.5. The van der Waals surface area contributed by atoms with Crippen LogP contribution in [0.5, 0.6) is 5.75 Å². The lowest BCUT2D eigenvalue weighted by molar-refractivity contribution is 0.416. The van der Waals surface area contributed by atoms with Crippen LogP contribution in [-0.2, 0) is 0 Å². The Labute approximate surface area is 179 Å². The van der Waals surface area contributed by atoms with E-state index in [2.05, 4.69) is 54.3 Å². The van der Waals surface area contributed by atoms with Crippen molar-refractivity contribution >= 4 is 44.7 Å². The molecule has 0 radical (unpaired) electrons. The highest BCUT2D eigenvalue weighted by Crippen LogP contribution is 2.42. The van der Waals surface area contributed by atoms with E-state index in [4.69, 9.17) is 16.3 Å². The Morgan fingerprint density at radius 2 is 1.76 bits per heavy atom. The maximum Gasteiger partial charge on any atom is 0.143 e. The zero-order valence-corrected chi connectivity index (χ0v) is 18.6. The van der Waals surface area contributed by atoms with Crippen molar-refractivity contribution in [1.29, 1.82) is 0 Å². The monoisotopic (exact) mass is 423 g/mol. The fourth-order valence-corrected chi connectivity index (χ4v) is 4.61. The average Bonchev–Trinajstić information content (AvgIpc) is 3.03. The minimum atomic E-state index is 0.669. The van der Waals surface area contributed by atoms with Crippen molar-refractivity contribution in [3.63, 3.8) is 0 Å². The van der Waals surface area contributed by atoms with Gasteiger partial charge in [0.2, 0.25) is 0 Å². The van der Waals surface area contributed by atoms with E-state index >= 15 is 0 Å². The second-order valence-corrected chi connectivity index (χ2v) is 8.77. The lowest BCUT2D eigenvalue weighted by atomic mass is 9.99. The summed E-state index contributed by atoms with van der Waals surface area (Å²) in [6, 6.07) is 10.4. The third-order valence-corrected chi connectivity index (χ3v) is 6.61. The zero-order chi connectivity index (χ0) is 20.7. The van der Waals surface area contributed by atoms with Crippen molar-refractivity contribution in [2.45, 2.75) is 27.7 Å². The third-order valence-electron chi connectivity index (χ3n) is 5.19. The molecule has 6 heteroatoms. The number of aromatic nitrogens is 2. The summed E-state index contributed by atoms with van der Waals surface area (Å²) < 4.78 is 5.53. The summed E-state index contributed by atoms with van der Waals surface area (Å²) in [5, 5.41) is 5.15. The number of hydrogen-bond donors (Lipinski definition) is 1. The van der Waals surface area contributed by atoms with Gasteiger partial charge in [-0.05, 0) is 56.0 Å². The number of ether oxygens (including phenoxy) is 1. The number of anilines is 2. The predicted molar refractivity (Wildman–Crippen MR) is 123 cm³/mol. The van der Waals surface area contributed by atoms with Crippen LogP contribution in [0.3, 0.4) is 0 Å². The Hall–Kier alpha value is -2.63. The van der Waals surface area contributed by atoms with E-state index in [1.807, 2.05) is 19.1 Å². The lowest BCUT2D eigenvalue weighted by Crippen LogP contribution is -1.99. The van der Waals surface area contributed by atoms with Crippen LogP contribution in [-0.4, -0.2) is 17.1 Å². The molecule has 0 spiro atoms. The Kier molecular flexibility index (Phi) is 5.19. The number of thiophene rings is 1. The number of hydrogen-bond acceptors (Lipinski definition) is 5. The number of rotatable bonds is 4. The number of nitrogens with zero attached hydrogens (tertiary/aromatic N) is 2. The van der Waals surface area contributed by atoms with Gasteiger partial charge in [-0.1, -0.05) is 29.8 Å². The minimum absolute atomic E-state index is 0.669. The van der Waals surface area contributed by atoms with Crippen LogP contribution in [0.4, 0.5) is 11.5 Å². The first kappa shape index (κ1) is 19.7. The summed E-state index contributed by atoms with van der Waals surface area (Å²) in [4.78, 5) is 11.3. The fraction of sp³-hybridized carbons (Fsp3) is 0.217. The number of benzene rings is 2. The van der Waals surface area contributed by atoms with Crippen LogP contribution < -0.4 is 10.1 Å². The van der Waals surface area contributed by atoms with Gasteiger partial charge in [0.05, 0.1) is 18.2 Å². The molecule has 1 N–H and O–H groups in total. The second-order valence-electron chi connectivity index (χ2n) is 7.16. The molecule has 0 unspecified atom stereocenters. The maximum absolute atomic E-state index is 6.27. The molecular formula is C23H22ClN3OS. The highest BCUT2D eigenvalue weighted by molar-refractivity contribution is 7.19. The molecular weight excluding hydrogens is 402 g/mol. The standard InChI is InChI=1S/C23H22ClN3OS/c1-12-6-7-16(8-13(12)2)20-15(4)29-23-21(20)22(25-11-26-23)27-18-9-14(3)17(24)10-19(18)28-5/h6-11H,1-5H3,(H,25,26,27). The lowest BCUT2D eigenvalue weighted by Gasteiger charge is -2.14. The van der Waals surface area contributed by atoms with E-state index < -0.39 is 0 Å². The molecule has 29 heavy (non-hydrogen) atoms. The van der Waals surface area contributed by atoms with Crippen LogP contribution in [0.15, 0.2) is 36.7 Å². The molecule has 4 rings (SSSR count). The van der Waals surface area contributed by atoms with Gasteiger partial charge in [0.1, 0.15) is 22.7 Å². The molecule has 2 aromatic heterocycles. The number of halogens is 1. The average molecular weight is 424 g/mol. The molecule has 0 aliphatic carbocycles. The normalized spacial score (nSPS) is 11.1. The Balaban J connectivity index is 1.91. The van der Waals surface area contributed by atoms with Gasteiger partial charge in [-0.25, -0.2) is 9.97 Å². The summed E-state index contributed by atoms with van der Waals surface area (Å²) in [6.07, 6.45) is 1.60. The van der Waals surface area contributed by atoms with Gasteiger partial charge in [-0.3, -0.25) is 0 Å². The third kappa shape index (κ3) is 3.56. The quantitative estimate of drug-likeness (QED) is 0.384. The second kappa shape index (κ2) is 7.65. The molecule has 0 saturated heterocycles. The van der Waals surface area contributed by atoms with Crippen LogP contribution >= 0.6 is 22.9 Å². The van der Waals surface area contributed by atoms with Gasteiger partial charge in [0.25, 0.3) is 0 Å². The molecule has 4 aromatic rings. The van der Waals surface area contributed by atoms with Crippen LogP contribution in [0.1, 0.15) is 21.6 Å². The smallest absolute Gasteiger partial charge is 0.143 e. The maximum atomic E-state index is 6.27. The van der Waals surface area contributed by atoms with Crippen molar-refractivity contribution in [1.82, 2.24) is 9.97 Å². The molecule has 0 aliphatic heterocycles. The fourth-order valence-electron chi connectivity index (χ4n) is 3.44. The number of nitrogens with one attached hydrogen (secondary N) is 1. The van der Waals surface area contributed by atoms with Crippen molar-refractivity contribution < 1.29 is 4.74 Å². The van der Waals surface area contributed by atoms with Crippen molar-refractivity contribution in [3.05, 3.63) is 63.2 Å². The summed E-state index contributed by atoms with van der Waals surface area (Å²) in [5.74, 6) is 1.43. The molecule has 4 nitrogen and oxygen atoms in total. The molecule has 2 aromatic carbocycles. The van der Waals surface area contributed by atoms with Gasteiger partial charge < -0.3 is 10.1 Å². The number of aryl methyl sites for hydroxylation is 4. The highest BCUT2D eigenvalue weighted by Gasteiger charge is 2.18. The zero-order valence-electron chi connectivity index (χ0n) is 17.1. The molecule has 0 saturated carbocycles. The van der Waals surface area contributed by atoms with E-state index in [1.165, 1.54) is 27.1 Å². The molecule has 0 amide bonds. The first-order chi connectivity index (χ1) is 13.9. The van der Waals surface area contributed by atoms with Crippen molar-refractivity contribution in [2.24, 2.45) is 0 Å².